The number of halogens is 9. The average Bonchev–Trinajstić information content (AvgIpc) is 2.11. The lowest BCUT2D eigenvalue weighted by molar-refractivity contribution is 1.15. The molecule has 0 unspecified atom stereocenters. The predicted octanol–water partition coefficient (Wildman–Crippen LogP) is 8.75. The van der Waals surface area contributed by atoms with Crippen LogP contribution in [0.2, 0.25) is 0 Å². The van der Waals surface area contributed by atoms with Crippen LogP contribution in [-0.4, -0.2) is 0 Å². The Bertz CT molecular complexity index is 440. The molecule has 0 N–H and O–H groups in total. The minimum atomic E-state index is -0.591. The van der Waals surface area contributed by atoms with Gasteiger partial charge >= 0.3 is 0 Å². The molecule has 0 fully saturated rings. The molecule has 0 saturated heterocycles. The summed E-state index contributed by atoms with van der Waals surface area (Å²) in [6.45, 7) is 4.02. The zero-order valence-electron chi connectivity index (χ0n) is 8.76. The summed E-state index contributed by atoms with van der Waals surface area (Å²) in [5.41, 5.74) is 3.78. The maximum absolute atomic E-state index is 4.02. The third-order valence-electron chi connectivity index (χ3n) is 2.09. The van der Waals surface area contributed by atoms with Crippen LogP contribution >= 0.6 is 143 Å². The Morgan fingerprint density at radius 3 is 1.16 bits per heavy atom. The smallest absolute Gasteiger partial charge is 0.0546 e. The van der Waals surface area contributed by atoms with Crippen molar-refractivity contribution in [3.63, 3.8) is 0 Å². The highest BCUT2D eigenvalue weighted by molar-refractivity contribution is 9.39. The minimum Gasteiger partial charge on any atom is -0.0546 e. The van der Waals surface area contributed by atoms with Gasteiger partial charge in [-0.2, -0.15) is 0 Å². The lowest BCUT2D eigenvalue weighted by Crippen LogP contribution is -2.17. The Kier molecular flexibility index (Phi) is 7.79. The third-order valence-corrected chi connectivity index (χ3v) is 5.84. The zero-order chi connectivity index (χ0) is 15.2. The van der Waals surface area contributed by atoms with E-state index in [2.05, 4.69) is 150 Å². The highest BCUT2D eigenvalue weighted by atomic mass is 80.0. The van der Waals surface area contributed by atoms with Gasteiger partial charge in [0.2, 0.25) is 0 Å². The molecule has 1 aromatic carbocycles. The van der Waals surface area contributed by atoms with E-state index in [0.717, 1.165) is 22.3 Å². The summed E-state index contributed by atoms with van der Waals surface area (Å²) in [6.07, 6.45) is 0. The van der Waals surface area contributed by atoms with Gasteiger partial charge in [-0.3, -0.25) is 0 Å². The van der Waals surface area contributed by atoms with Crippen molar-refractivity contribution in [2.45, 2.75) is 6.43 Å². The predicted molar refractivity (Wildman–Crippen MR) is 116 cm³/mol. The topological polar surface area (TPSA) is 0 Å². The summed E-state index contributed by atoms with van der Waals surface area (Å²) in [5.74, 6) is 0. The SMILES string of the molecule is [CH2]c1cc(C(Br)(Br)Br)c(C(Br)(Br)Br)c(C(Br)(Br)Br)c1. The Balaban J connectivity index is 3.80. The molecule has 0 atom stereocenters. The number of benzene rings is 1. The lowest BCUT2D eigenvalue weighted by atomic mass is 10.0. The van der Waals surface area contributed by atoms with Crippen LogP contribution in [0.1, 0.15) is 22.3 Å². The molecular weight excluding hydrogens is 839 g/mol. The van der Waals surface area contributed by atoms with Crippen molar-refractivity contribution in [1.82, 2.24) is 0 Å². The van der Waals surface area contributed by atoms with Crippen LogP contribution in [0, 0.1) is 6.92 Å². The van der Waals surface area contributed by atoms with Crippen molar-refractivity contribution < 1.29 is 0 Å². The molecule has 0 nitrogen and oxygen atoms in total. The molecule has 0 saturated carbocycles. The van der Waals surface area contributed by atoms with E-state index in [4.69, 9.17) is 0 Å². The second kappa shape index (κ2) is 7.19. The highest BCUT2D eigenvalue weighted by Crippen LogP contribution is 2.58. The molecule has 1 aromatic rings. The monoisotopic (exact) mass is 834 g/mol. The fourth-order valence-corrected chi connectivity index (χ4v) is 4.61. The maximum atomic E-state index is 4.02. The molecule has 0 aliphatic rings. The van der Waals surface area contributed by atoms with Crippen LogP contribution in [0.25, 0.3) is 0 Å². The molecular formula is C10H4Br9. The van der Waals surface area contributed by atoms with E-state index in [1.807, 2.05) is 12.1 Å². The summed E-state index contributed by atoms with van der Waals surface area (Å²) in [7, 11) is 0. The first-order valence-electron chi connectivity index (χ1n) is 4.46. The molecule has 0 spiro atoms. The van der Waals surface area contributed by atoms with E-state index in [0.29, 0.717) is 0 Å². The van der Waals surface area contributed by atoms with E-state index >= 15 is 0 Å². The molecule has 0 aliphatic heterocycles. The van der Waals surface area contributed by atoms with Crippen molar-refractivity contribution in [1.29, 1.82) is 0 Å². The van der Waals surface area contributed by atoms with E-state index in [1.54, 1.807) is 0 Å². The molecule has 0 bridgehead atoms. The molecule has 0 heterocycles. The van der Waals surface area contributed by atoms with E-state index in [-0.39, 0.29) is 0 Å². The van der Waals surface area contributed by atoms with Crippen molar-refractivity contribution in [3.05, 3.63) is 41.3 Å². The number of alkyl halides is 9. The van der Waals surface area contributed by atoms with Gasteiger partial charge in [-0.15, -0.1) is 0 Å². The summed E-state index contributed by atoms with van der Waals surface area (Å²) < 4.78 is -1.72. The molecule has 0 amide bonds. The average molecular weight is 843 g/mol. The molecule has 1 rings (SSSR count). The molecule has 19 heavy (non-hydrogen) atoms. The minimum absolute atomic E-state index is 0.566. The summed E-state index contributed by atoms with van der Waals surface area (Å²) in [4.78, 5) is 0. The number of hydrogen-bond acceptors (Lipinski definition) is 0. The van der Waals surface area contributed by atoms with Crippen LogP contribution in [0.4, 0.5) is 0 Å². The van der Waals surface area contributed by atoms with Gasteiger partial charge in [0.1, 0.15) is 0 Å². The van der Waals surface area contributed by atoms with Crippen molar-refractivity contribution in [2.75, 3.05) is 0 Å². The fourth-order valence-electron chi connectivity index (χ4n) is 1.45. The van der Waals surface area contributed by atoms with Crippen molar-refractivity contribution >= 4 is 143 Å². The molecule has 0 aromatic heterocycles. The van der Waals surface area contributed by atoms with E-state index < -0.39 is 6.43 Å². The Morgan fingerprint density at radius 1 is 0.632 bits per heavy atom. The first-order valence-corrected chi connectivity index (χ1v) is 11.6. The van der Waals surface area contributed by atoms with Crippen LogP contribution in [0.15, 0.2) is 12.1 Å². The van der Waals surface area contributed by atoms with E-state index in [9.17, 15) is 0 Å². The number of rotatable bonds is 0. The highest BCUT2D eigenvalue weighted by Gasteiger charge is 2.39. The van der Waals surface area contributed by atoms with Crippen LogP contribution in [-0.2, 0) is 6.43 Å². The van der Waals surface area contributed by atoms with E-state index in [1.165, 1.54) is 0 Å². The summed E-state index contributed by atoms with van der Waals surface area (Å²) >= 11 is 32.1. The summed E-state index contributed by atoms with van der Waals surface area (Å²) in [6, 6.07) is 3.96. The van der Waals surface area contributed by atoms with Crippen LogP contribution in [0.3, 0.4) is 0 Å². The standard InChI is InChI=1S/C10H4Br9/c1-4-2-5(8(11,12)13)7(10(17,18)19)6(3-4)9(14,15)16/h2-3H,1H2. The normalized spacial score (nSPS) is 13.8. The molecule has 0 aliphatic carbocycles. The fraction of sp³-hybridized carbons (Fsp3) is 0.300. The quantitative estimate of drug-likeness (QED) is 0.230. The van der Waals surface area contributed by atoms with Gasteiger partial charge in [0, 0.05) is 5.56 Å². The van der Waals surface area contributed by atoms with Gasteiger partial charge in [-0.25, -0.2) is 0 Å². The number of hydrogen-bond donors (Lipinski definition) is 0. The van der Waals surface area contributed by atoms with Gasteiger partial charge in [0.15, 0.2) is 6.43 Å². The lowest BCUT2D eigenvalue weighted by Gasteiger charge is -2.29. The zero-order valence-corrected chi connectivity index (χ0v) is 23.0. The van der Waals surface area contributed by atoms with Gasteiger partial charge in [0.05, 0.1) is 0 Å². The maximum Gasteiger partial charge on any atom is 0.160 e. The Hall–Kier alpha value is 3.54. The van der Waals surface area contributed by atoms with Crippen LogP contribution < -0.4 is 0 Å². The molecule has 9 heteroatoms. The third kappa shape index (κ3) is 5.84. The first kappa shape index (κ1) is 20.6. The Labute approximate surface area is 188 Å². The van der Waals surface area contributed by atoms with Gasteiger partial charge in [-0.1, -0.05) is 156 Å². The Morgan fingerprint density at radius 2 is 0.947 bits per heavy atom. The second-order valence-electron chi connectivity index (χ2n) is 3.56. The van der Waals surface area contributed by atoms with Gasteiger partial charge in [-0.05, 0) is 23.6 Å². The van der Waals surface area contributed by atoms with Crippen LogP contribution in [0.5, 0.6) is 0 Å². The van der Waals surface area contributed by atoms with Gasteiger partial charge in [0.25, 0.3) is 0 Å². The molecule has 107 valence electrons. The van der Waals surface area contributed by atoms with Crippen molar-refractivity contribution in [2.24, 2.45) is 0 Å². The first-order chi connectivity index (χ1) is 8.24. The van der Waals surface area contributed by atoms with Crippen molar-refractivity contribution in [3.8, 4) is 0 Å². The molecule has 1 radical (unpaired) electrons. The van der Waals surface area contributed by atoms with Gasteiger partial charge < -0.3 is 0 Å². The largest absolute Gasteiger partial charge is 0.160 e. The second-order valence-corrected chi connectivity index (χ2v) is 23.8. The summed E-state index contributed by atoms with van der Waals surface area (Å²) in [5, 5.41) is 0.